The lowest BCUT2D eigenvalue weighted by molar-refractivity contribution is 0.578. The first-order valence-electron chi connectivity index (χ1n) is 2.70. The highest BCUT2D eigenvalue weighted by molar-refractivity contribution is 9.10. The molecule has 4 heteroatoms. The lowest BCUT2D eigenvalue weighted by atomic mass is 10.2. The van der Waals surface area contributed by atoms with Crippen LogP contribution in [-0.4, -0.2) is 0 Å². The highest BCUT2D eigenvalue weighted by Gasteiger charge is 2.06. The van der Waals surface area contributed by atoms with Crippen LogP contribution in [0.15, 0.2) is 16.6 Å². The molecule has 0 N–H and O–H groups in total. The van der Waals surface area contributed by atoms with E-state index in [1.165, 1.54) is 0 Å². The van der Waals surface area contributed by atoms with Crippen LogP contribution < -0.4 is 0 Å². The molecule has 0 saturated carbocycles. The van der Waals surface area contributed by atoms with Gasteiger partial charge < -0.3 is 0 Å². The van der Waals surface area contributed by atoms with Gasteiger partial charge in [-0.3, -0.25) is 0 Å². The predicted octanol–water partition coefficient (Wildman–Crippen LogP) is 2.60. The Morgan fingerprint density at radius 3 is 2.55 bits per heavy atom. The molecule has 0 saturated heterocycles. The van der Waals surface area contributed by atoms with Gasteiger partial charge in [-0.2, -0.15) is 5.26 Å². The molecular formula is C7H2BrF2N. The Kier molecular flexibility index (Phi) is 2.20. The van der Waals surface area contributed by atoms with Crippen LogP contribution in [0.5, 0.6) is 0 Å². The second-order valence-corrected chi connectivity index (χ2v) is 2.65. The third-order valence-corrected chi connectivity index (χ3v) is 1.92. The van der Waals surface area contributed by atoms with Crippen LogP contribution in [0.25, 0.3) is 0 Å². The topological polar surface area (TPSA) is 23.8 Å². The molecule has 0 aliphatic carbocycles. The molecule has 1 nitrogen and oxygen atoms in total. The smallest absolute Gasteiger partial charge is 0.141 e. The molecule has 0 radical (unpaired) electrons. The van der Waals surface area contributed by atoms with Gasteiger partial charge in [0.15, 0.2) is 0 Å². The maximum absolute atomic E-state index is 12.6. The van der Waals surface area contributed by atoms with E-state index in [-0.39, 0.29) is 10.0 Å². The van der Waals surface area contributed by atoms with Crippen molar-refractivity contribution in [2.45, 2.75) is 0 Å². The number of hydrogen-bond donors (Lipinski definition) is 0. The predicted molar refractivity (Wildman–Crippen MR) is 38.8 cm³/mol. The largest absolute Gasteiger partial charge is 0.207 e. The Bertz CT molecular complexity index is 330. The van der Waals surface area contributed by atoms with E-state index in [4.69, 9.17) is 5.26 Å². The van der Waals surface area contributed by atoms with Crippen LogP contribution in [0.1, 0.15) is 5.56 Å². The molecule has 0 aromatic heterocycles. The van der Waals surface area contributed by atoms with Crippen molar-refractivity contribution >= 4 is 15.9 Å². The van der Waals surface area contributed by atoms with Gasteiger partial charge >= 0.3 is 0 Å². The fourth-order valence-electron chi connectivity index (χ4n) is 0.637. The summed E-state index contributed by atoms with van der Waals surface area (Å²) in [6, 6.07) is 3.33. The molecule has 1 aromatic carbocycles. The van der Waals surface area contributed by atoms with E-state index in [9.17, 15) is 8.78 Å². The first-order valence-corrected chi connectivity index (χ1v) is 3.49. The zero-order chi connectivity index (χ0) is 8.43. The van der Waals surface area contributed by atoms with Crippen LogP contribution in [0.2, 0.25) is 0 Å². The zero-order valence-corrected chi connectivity index (χ0v) is 6.82. The van der Waals surface area contributed by atoms with E-state index < -0.39 is 11.6 Å². The molecule has 0 aliphatic rings. The standard InChI is InChI=1S/C7H2BrF2N/c8-7-4(3-11)1-5(9)2-6(7)10/h1-2H. The molecule has 0 atom stereocenters. The minimum atomic E-state index is -0.762. The van der Waals surface area contributed by atoms with Crippen LogP contribution in [-0.2, 0) is 0 Å². The summed E-state index contributed by atoms with van der Waals surface area (Å²) < 4.78 is 25.0. The van der Waals surface area contributed by atoms with Crippen LogP contribution >= 0.6 is 15.9 Å². The first kappa shape index (κ1) is 8.15. The summed E-state index contributed by atoms with van der Waals surface area (Å²) in [6.07, 6.45) is 0. The Hall–Kier alpha value is -0.950. The minimum Gasteiger partial charge on any atom is -0.207 e. The quantitative estimate of drug-likeness (QED) is 0.614. The molecule has 11 heavy (non-hydrogen) atoms. The summed E-state index contributed by atoms with van der Waals surface area (Å²) >= 11 is 2.81. The fourth-order valence-corrected chi connectivity index (χ4v) is 0.955. The number of rotatable bonds is 0. The maximum Gasteiger partial charge on any atom is 0.141 e. The van der Waals surface area contributed by atoms with E-state index in [0.29, 0.717) is 6.07 Å². The van der Waals surface area contributed by atoms with Gasteiger partial charge in [0.2, 0.25) is 0 Å². The number of nitriles is 1. The van der Waals surface area contributed by atoms with E-state index >= 15 is 0 Å². The van der Waals surface area contributed by atoms with Gasteiger partial charge in [0, 0.05) is 6.07 Å². The molecule has 0 unspecified atom stereocenters. The molecule has 0 spiro atoms. The Balaban J connectivity index is 3.39. The Labute approximate surface area is 70.4 Å². The zero-order valence-electron chi connectivity index (χ0n) is 5.24. The van der Waals surface area contributed by atoms with Crippen molar-refractivity contribution in [3.63, 3.8) is 0 Å². The van der Waals surface area contributed by atoms with Crippen LogP contribution in [0.4, 0.5) is 8.78 Å². The highest BCUT2D eigenvalue weighted by Crippen LogP contribution is 2.20. The normalized spacial score (nSPS) is 9.27. The van der Waals surface area contributed by atoms with Gasteiger partial charge in [0.1, 0.15) is 17.7 Å². The molecule has 1 aromatic rings. The van der Waals surface area contributed by atoms with E-state index in [1.807, 2.05) is 0 Å². The minimum absolute atomic E-state index is 0.00130. The average Bonchev–Trinajstić information content (AvgIpc) is 1.96. The Morgan fingerprint density at radius 1 is 1.36 bits per heavy atom. The summed E-state index contributed by atoms with van der Waals surface area (Å²) in [6.45, 7) is 0. The summed E-state index contributed by atoms with van der Waals surface area (Å²) in [5.74, 6) is -1.51. The highest BCUT2D eigenvalue weighted by atomic mass is 79.9. The van der Waals surface area contributed by atoms with Crippen molar-refractivity contribution in [1.29, 1.82) is 5.26 Å². The number of nitrogens with zero attached hydrogens (tertiary/aromatic N) is 1. The molecule has 0 heterocycles. The van der Waals surface area contributed by atoms with Gasteiger partial charge in [0.05, 0.1) is 10.0 Å². The molecule has 0 aliphatic heterocycles. The summed E-state index contributed by atoms with van der Waals surface area (Å²) in [7, 11) is 0. The fraction of sp³-hybridized carbons (Fsp3) is 0. The first-order chi connectivity index (χ1) is 5.15. The van der Waals surface area contributed by atoms with Gasteiger partial charge in [0.25, 0.3) is 0 Å². The van der Waals surface area contributed by atoms with Gasteiger partial charge in [-0.1, -0.05) is 0 Å². The second kappa shape index (κ2) is 2.97. The van der Waals surface area contributed by atoms with Gasteiger partial charge in [-0.15, -0.1) is 0 Å². The van der Waals surface area contributed by atoms with E-state index in [0.717, 1.165) is 6.07 Å². The molecule has 0 bridgehead atoms. The van der Waals surface area contributed by atoms with Crippen molar-refractivity contribution < 1.29 is 8.78 Å². The van der Waals surface area contributed by atoms with Crippen LogP contribution in [0, 0.1) is 23.0 Å². The third-order valence-electron chi connectivity index (χ3n) is 1.11. The summed E-state index contributed by atoms with van der Waals surface area (Å²) in [4.78, 5) is 0. The van der Waals surface area contributed by atoms with Crippen molar-refractivity contribution in [2.24, 2.45) is 0 Å². The Morgan fingerprint density at radius 2 is 2.00 bits per heavy atom. The lowest BCUT2D eigenvalue weighted by Gasteiger charge is -1.95. The maximum atomic E-state index is 12.6. The molecule has 0 fully saturated rings. The van der Waals surface area contributed by atoms with Gasteiger partial charge in [-0.05, 0) is 22.0 Å². The third kappa shape index (κ3) is 1.55. The van der Waals surface area contributed by atoms with E-state index in [1.54, 1.807) is 6.07 Å². The number of benzene rings is 1. The van der Waals surface area contributed by atoms with Crippen molar-refractivity contribution in [1.82, 2.24) is 0 Å². The van der Waals surface area contributed by atoms with Crippen molar-refractivity contribution in [3.05, 3.63) is 33.8 Å². The molecule has 56 valence electrons. The molecule has 1 rings (SSSR count). The average molecular weight is 218 g/mol. The van der Waals surface area contributed by atoms with Crippen molar-refractivity contribution in [3.8, 4) is 6.07 Å². The van der Waals surface area contributed by atoms with Crippen LogP contribution in [0.3, 0.4) is 0 Å². The number of hydrogen-bond acceptors (Lipinski definition) is 1. The SMILES string of the molecule is N#Cc1cc(F)cc(F)c1Br. The van der Waals surface area contributed by atoms with Crippen molar-refractivity contribution in [2.75, 3.05) is 0 Å². The molecular weight excluding hydrogens is 216 g/mol. The summed E-state index contributed by atoms with van der Waals surface area (Å²) in [5.41, 5.74) is -0.0394. The van der Waals surface area contributed by atoms with E-state index in [2.05, 4.69) is 15.9 Å². The van der Waals surface area contributed by atoms with Gasteiger partial charge in [-0.25, -0.2) is 8.78 Å². The second-order valence-electron chi connectivity index (χ2n) is 1.86. The molecule has 0 amide bonds. The summed E-state index contributed by atoms with van der Waals surface area (Å²) in [5, 5.41) is 8.35. The number of halogens is 3. The monoisotopic (exact) mass is 217 g/mol. The lowest BCUT2D eigenvalue weighted by Crippen LogP contribution is -1.86.